The normalized spacial score (nSPS) is 16.2. The van der Waals surface area contributed by atoms with E-state index in [1.165, 1.54) is 31.0 Å². The van der Waals surface area contributed by atoms with Gasteiger partial charge in [0.1, 0.15) is 5.75 Å². The number of benzene rings is 1. The Morgan fingerprint density at radius 2 is 2.11 bits per heavy atom. The van der Waals surface area contributed by atoms with Crippen LogP contribution in [0.3, 0.4) is 0 Å². The summed E-state index contributed by atoms with van der Waals surface area (Å²) in [4.78, 5) is 0. The first-order valence-electron chi connectivity index (χ1n) is 5.79. The Balaban J connectivity index is 1.89. The van der Waals surface area contributed by atoms with Crippen molar-refractivity contribution in [2.75, 3.05) is 6.54 Å². The summed E-state index contributed by atoms with van der Waals surface area (Å²) >= 11 is 0. The molecule has 1 aromatic carbocycles. The monoisotopic (exact) mass is 257 g/mol. The Kier molecular flexibility index (Phi) is 3.91. The second kappa shape index (κ2) is 5.44. The van der Waals surface area contributed by atoms with Crippen molar-refractivity contribution in [1.82, 2.24) is 5.32 Å². The van der Waals surface area contributed by atoms with Gasteiger partial charge in [-0.1, -0.05) is 24.3 Å². The van der Waals surface area contributed by atoms with Gasteiger partial charge in [0.05, 0.1) is 0 Å². The lowest BCUT2D eigenvalue weighted by atomic mass is 10.2. The average Bonchev–Trinajstić information content (AvgIpc) is 3.06. The van der Waals surface area contributed by atoms with Gasteiger partial charge >= 0.3 is 6.36 Å². The Bertz CT molecular complexity index is 424. The maximum Gasteiger partial charge on any atom is 0.573 e. The minimum atomic E-state index is -4.64. The second-order valence-corrected chi connectivity index (χ2v) is 4.21. The molecule has 1 fully saturated rings. The van der Waals surface area contributed by atoms with E-state index in [1.54, 1.807) is 12.1 Å². The summed E-state index contributed by atoms with van der Waals surface area (Å²) in [5, 5.41) is 3.28. The highest BCUT2D eigenvalue weighted by atomic mass is 19.4. The number of alkyl halides is 3. The van der Waals surface area contributed by atoms with Crippen LogP contribution in [0, 0.1) is 0 Å². The summed E-state index contributed by atoms with van der Waals surface area (Å²) in [5.41, 5.74) is 0.689. The van der Waals surface area contributed by atoms with Crippen LogP contribution in [0.1, 0.15) is 18.4 Å². The number of ether oxygens (including phenoxy) is 1. The molecule has 1 aliphatic rings. The van der Waals surface area contributed by atoms with Crippen molar-refractivity contribution in [1.29, 1.82) is 0 Å². The van der Waals surface area contributed by atoms with Crippen molar-refractivity contribution in [3.8, 4) is 5.75 Å². The van der Waals surface area contributed by atoms with E-state index in [9.17, 15) is 13.2 Å². The molecule has 1 N–H and O–H groups in total. The molecule has 98 valence electrons. The molecule has 5 heteroatoms. The lowest BCUT2D eigenvalue weighted by Crippen LogP contribution is -2.17. The number of halogens is 3. The van der Waals surface area contributed by atoms with Gasteiger partial charge in [0.2, 0.25) is 0 Å². The fourth-order valence-electron chi connectivity index (χ4n) is 1.53. The smallest absolute Gasteiger partial charge is 0.406 e. The molecule has 2 rings (SSSR count). The van der Waals surface area contributed by atoms with E-state index in [2.05, 4.69) is 10.1 Å². The SMILES string of the molecule is FC(F)(F)Oc1cccc(/C=C/CNC2CC2)c1. The molecule has 0 radical (unpaired) electrons. The summed E-state index contributed by atoms with van der Waals surface area (Å²) in [5.74, 6) is -0.195. The first-order valence-corrected chi connectivity index (χ1v) is 5.79. The van der Waals surface area contributed by atoms with Crippen LogP contribution < -0.4 is 10.1 Å². The van der Waals surface area contributed by atoms with Crippen molar-refractivity contribution in [3.05, 3.63) is 35.9 Å². The fraction of sp³-hybridized carbons (Fsp3) is 0.385. The van der Waals surface area contributed by atoms with E-state index in [0.29, 0.717) is 11.6 Å². The summed E-state index contributed by atoms with van der Waals surface area (Å²) in [6.07, 6.45) is 1.45. The molecule has 0 saturated heterocycles. The lowest BCUT2D eigenvalue weighted by molar-refractivity contribution is -0.274. The van der Waals surface area contributed by atoms with Crippen LogP contribution in [0.25, 0.3) is 6.08 Å². The van der Waals surface area contributed by atoms with Crippen LogP contribution in [0.2, 0.25) is 0 Å². The Morgan fingerprint density at radius 3 is 2.78 bits per heavy atom. The zero-order valence-electron chi connectivity index (χ0n) is 9.70. The molecule has 1 aliphatic carbocycles. The molecule has 0 aromatic heterocycles. The molecule has 0 bridgehead atoms. The maximum absolute atomic E-state index is 12.0. The standard InChI is InChI=1S/C13H14F3NO/c14-13(15,16)18-12-5-1-3-10(9-12)4-2-8-17-11-6-7-11/h1-5,9,11,17H,6-8H2/b4-2+. The largest absolute Gasteiger partial charge is 0.573 e. The highest BCUT2D eigenvalue weighted by Crippen LogP contribution is 2.23. The lowest BCUT2D eigenvalue weighted by Gasteiger charge is -2.08. The third-order valence-corrected chi connectivity index (χ3v) is 2.50. The summed E-state index contributed by atoms with van der Waals surface area (Å²) in [6.45, 7) is 0.731. The van der Waals surface area contributed by atoms with Crippen LogP contribution in [0.15, 0.2) is 30.3 Å². The average molecular weight is 257 g/mol. The van der Waals surface area contributed by atoms with Crippen LogP contribution >= 0.6 is 0 Å². The Labute approximate surface area is 103 Å². The summed E-state index contributed by atoms with van der Waals surface area (Å²) < 4.78 is 39.9. The van der Waals surface area contributed by atoms with E-state index in [-0.39, 0.29) is 5.75 Å². The first kappa shape index (κ1) is 13.0. The van der Waals surface area contributed by atoms with Gasteiger partial charge in [-0.25, -0.2) is 0 Å². The van der Waals surface area contributed by atoms with Gasteiger partial charge in [0.25, 0.3) is 0 Å². The summed E-state index contributed by atoms with van der Waals surface area (Å²) in [7, 11) is 0. The van der Waals surface area contributed by atoms with Gasteiger partial charge in [-0.05, 0) is 30.5 Å². The first-order chi connectivity index (χ1) is 8.53. The highest BCUT2D eigenvalue weighted by Gasteiger charge is 2.30. The Hall–Kier alpha value is -1.49. The van der Waals surface area contributed by atoms with Gasteiger partial charge in [0.15, 0.2) is 0 Å². The maximum atomic E-state index is 12.0. The quantitative estimate of drug-likeness (QED) is 0.873. The minimum absolute atomic E-state index is 0.195. The van der Waals surface area contributed by atoms with Gasteiger partial charge in [-0.15, -0.1) is 13.2 Å². The highest BCUT2D eigenvalue weighted by molar-refractivity contribution is 5.51. The predicted octanol–water partition coefficient (Wildman–Crippen LogP) is 3.35. The molecule has 2 nitrogen and oxygen atoms in total. The molecule has 0 heterocycles. The molecule has 0 amide bonds. The van der Waals surface area contributed by atoms with Crippen molar-refractivity contribution in [2.24, 2.45) is 0 Å². The molecule has 0 aliphatic heterocycles. The summed E-state index contributed by atoms with van der Waals surface area (Å²) in [6, 6.07) is 6.54. The predicted molar refractivity (Wildman–Crippen MR) is 63.2 cm³/mol. The van der Waals surface area contributed by atoms with E-state index in [4.69, 9.17) is 0 Å². The molecular weight excluding hydrogens is 243 g/mol. The minimum Gasteiger partial charge on any atom is -0.406 e. The third kappa shape index (κ3) is 4.79. The van der Waals surface area contributed by atoms with Crippen LogP contribution in [0.5, 0.6) is 5.75 Å². The van der Waals surface area contributed by atoms with Crippen LogP contribution in [-0.4, -0.2) is 18.9 Å². The van der Waals surface area contributed by atoms with Crippen molar-refractivity contribution >= 4 is 6.08 Å². The van der Waals surface area contributed by atoms with Crippen molar-refractivity contribution in [2.45, 2.75) is 25.2 Å². The topological polar surface area (TPSA) is 21.3 Å². The van der Waals surface area contributed by atoms with Crippen LogP contribution in [-0.2, 0) is 0 Å². The fourth-order valence-corrected chi connectivity index (χ4v) is 1.53. The molecule has 1 aromatic rings. The zero-order chi connectivity index (χ0) is 13.0. The van der Waals surface area contributed by atoms with Crippen molar-refractivity contribution < 1.29 is 17.9 Å². The van der Waals surface area contributed by atoms with Gasteiger partial charge in [0, 0.05) is 12.6 Å². The van der Waals surface area contributed by atoms with E-state index >= 15 is 0 Å². The number of nitrogens with one attached hydrogen (secondary N) is 1. The molecule has 0 unspecified atom stereocenters. The van der Waals surface area contributed by atoms with Crippen LogP contribution in [0.4, 0.5) is 13.2 Å². The number of rotatable bonds is 5. The zero-order valence-corrected chi connectivity index (χ0v) is 9.70. The third-order valence-electron chi connectivity index (χ3n) is 2.50. The van der Waals surface area contributed by atoms with Crippen molar-refractivity contribution in [3.63, 3.8) is 0 Å². The Morgan fingerprint density at radius 1 is 1.33 bits per heavy atom. The van der Waals surface area contributed by atoms with Gasteiger partial charge in [-0.2, -0.15) is 0 Å². The van der Waals surface area contributed by atoms with E-state index < -0.39 is 6.36 Å². The molecule has 18 heavy (non-hydrogen) atoms. The van der Waals surface area contributed by atoms with E-state index in [1.807, 2.05) is 6.08 Å². The number of hydrogen-bond donors (Lipinski definition) is 1. The molecule has 0 atom stereocenters. The van der Waals surface area contributed by atoms with Gasteiger partial charge in [-0.3, -0.25) is 0 Å². The second-order valence-electron chi connectivity index (χ2n) is 4.21. The molecular formula is C13H14F3NO. The molecule has 1 saturated carbocycles. The van der Waals surface area contributed by atoms with E-state index in [0.717, 1.165) is 6.54 Å². The number of hydrogen-bond acceptors (Lipinski definition) is 2. The van der Waals surface area contributed by atoms with Gasteiger partial charge < -0.3 is 10.1 Å². The molecule has 0 spiro atoms.